The van der Waals surface area contributed by atoms with Crippen molar-refractivity contribution < 1.29 is 9.59 Å². The highest BCUT2D eigenvalue weighted by molar-refractivity contribution is 5.88. The Bertz CT molecular complexity index is 814. The van der Waals surface area contributed by atoms with Crippen LogP contribution < -0.4 is 5.32 Å². The number of nitrogens with one attached hydrogen (secondary N) is 1. The summed E-state index contributed by atoms with van der Waals surface area (Å²) in [7, 11) is 0. The summed E-state index contributed by atoms with van der Waals surface area (Å²) in [6.07, 6.45) is 1.73. The maximum absolute atomic E-state index is 13.3. The number of carbonyl (C=O) groups excluding carboxylic acids is 2. The number of amides is 2. The third-order valence-corrected chi connectivity index (χ3v) is 5.30. The minimum Gasteiger partial charge on any atom is -0.352 e. The second-order valence-corrected chi connectivity index (χ2v) is 7.91. The molecule has 1 N–H and O–H groups in total. The van der Waals surface area contributed by atoms with Gasteiger partial charge in [0, 0.05) is 12.6 Å². The van der Waals surface area contributed by atoms with E-state index in [1.807, 2.05) is 77.1 Å². The lowest BCUT2D eigenvalue weighted by molar-refractivity contribution is -0.141. The van der Waals surface area contributed by atoms with Crippen LogP contribution in [0.25, 0.3) is 0 Å². The lowest BCUT2D eigenvalue weighted by Gasteiger charge is -2.31. The van der Waals surface area contributed by atoms with E-state index in [0.717, 1.165) is 28.7 Å². The molecule has 2 rings (SSSR count). The van der Waals surface area contributed by atoms with Crippen molar-refractivity contribution in [1.29, 1.82) is 0 Å². The molecule has 0 spiro atoms. The van der Waals surface area contributed by atoms with E-state index in [4.69, 9.17) is 0 Å². The van der Waals surface area contributed by atoms with Crippen LogP contribution >= 0.6 is 0 Å². The average Bonchev–Trinajstić information content (AvgIpc) is 2.69. The highest BCUT2D eigenvalue weighted by Crippen LogP contribution is 2.16. The second-order valence-electron chi connectivity index (χ2n) is 7.91. The third-order valence-electron chi connectivity index (χ3n) is 5.30. The Morgan fingerprint density at radius 3 is 2.21 bits per heavy atom. The van der Waals surface area contributed by atoms with Crippen molar-refractivity contribution in [2.75, 3.05) is 0 Å². The summed E-state index contributed by atoms with van der Waals surface area (Å²) in [4.78, 5) is 28.0. The molecule has 4 nitrogen and oxygen atoms in total. The normalized spacial score (nSPS) is 12.9. The summed E-state index contributed by atoms with van der Waals surface area (Å²) < 4.78 is 0. The number of aryl methyl sites for hydroxylation is 2. The van der Waals surface area contributed by atoms with Crippen LogP contribution in [0.3, 0.4) is 0 Å². The largest absolute Gasteiger partial charge is 0.352 e. The van der Waals surface area contributed by atoms with Gasteiger partial charge in [-0.25, -0.2) is 0 Å². The van der Waals surface area contributed by atoms with Crippen molar-refractivity contribution in [1.82, 2.24) is 10.2 Å². The molecular formula is C25H34N2O2. The zero-order valence-electron chi connectivity index (χ0n) is 18.4. The van der Waals surface area contributed by atoms with Gasteiger partial charge in [0.1, 0.15) is 6.04 Å². The SMILES string of the molecule is CC[C@H](C)NC(=O)[C@H](CC)N(Cc1cccc(C)c1)C(=O)Cc1ccc(C)cc1. The van der Waals surface area contributed by atoms with Crippen molar-refractivity contribution in [3.05, 3.63) is 70.8 Å². The smallest absolute Gasteiger partial charge is 0.243 e. The third kappa shape index (κ3) is 6.74. The molecule has 0 aliphatic rings. The fourth-order valence-electron chi connectivity index (χ4n) is 3.35. The van der Waals surface area contributed by atoms with Gasteiger partial charge in [-0.1, -0.05) is 73.5 Å². The Kier molecular flexibility index (Phi) is 8.44. The van der Waals surface area contributed by atoms with E-state index in [0.29, 0.717) is 19.4 Å². The first-order chi connectivity index (χ1) is 13.8. The summed E-state index contributed by atoms with van der Waals surface area (Å²) in [5, 5.41) is 3.05. The van der Waals surface area contributed by atoms with E-state index in [-0.39, 0.29) is 17.9 Å². The van der Waals surface area contributed by atoms with Crippen LogP contribution in [0, 0.1) is 13.8 Å². The van der Waals surface area contributed by atoms with Crippen molar-refractivity contribution >= 4 is 11.8 Å². The fraction of sp³-hybridized carbons (Fsp3) is 0.440. The highest BCUT2D eigenvalue weighted by Gasteiger charge is 2.29. The maximum atomic E-state index is 13.3. The molecule has 0 heterocycles. The summed E-state index contributed by atoms with van der Waals surface area (Å²) in [6.45, 7) is 10.5. The van der Waals surface area contributed by atoms with Gasteiger partial charge in [-0.05, 0) is 44.7 Å². The van der Waals surface area contributed by atoms with Gasteiger partial charge in [0.05, 0.1) is 6.42 Å². The number of nitrogens with zero attached hydrogens (tertiary/aromatic N) is 1. The molecule has 2 atom stereocenters. The number of hydrogen-bond donors (Lipinski definition) is 1. The topological polar surface area (TPSA) is 49.4 Å². The van der Waals surface area contributed by atoms with Crippen LogP contribution in [0.5, 0.6) is 0 Å². The summed E-state index contributed by atoms with van der Waals surface area (Å²) >= 11 is 0. The molecule has 0 aromatic heterocycles. The molecule has 0 aliphatic carbocycles. The van der Waals surface area contributed by atoms with E-state index in [9.17, 15) is 9.59 Å². The highest BCUT2D eigenvalue weighted by atomic mass is 16.2. The molecular weight excluding hydrogens is 360 g/mol. The molecule has 2 aromatic carbocycles. The quantitative estimate of drug-likeness (QED) is 0.677. The molecule has 0 bridgehead atoms. The van der Waals surface area contributed by atoms with E-state index in [2.05, 4.69) is 11.4 Å². The van der Waals surface area contributed by atoms with Gasteiger partial charge < -0.3 is 10.2 Å². The van der Waals surface area contributed by atoms with Gasteiger partial charge >= 0.3 is 0 Å². The zero-order chi connectivity index (χ0) is 21.4. The predicted molar refractivity (Wildman–Crippen MR) is 119 cm³/mol. The standard InChI is InChI=1S/C25H34N2O2/c1-6-20(5)26-25(29)23(7-2)27(17-22-10-8-9-19(4)15-22)24(28)16-21-13-11-18(3)12-14-21/h8-15,20,23H,6-7,16-17H2,1-5H3,(H,26,29)/t20-,23-/m0/s1. The van der Waals surface area contributed by atoms with Crippen molar-refractivity contribution in [3.8, 4) is 0 Å². The average molecular weight is 395 g/mol. The Hall–Kier alpha value is -2.62. The van der Waals surface area contributed by atoms with Gasteiger partial charge in [0.15, 0.2) is 0 Å². The van der Waals surface area contributed by atoms with Crippen molar-refractivity contribution in [3.63, 3.8) is 0 Å². The van der Waals surface area contributed by atoms with Crippen molar-refractivity contribution in [2.24, 2.45) is 0 Å². The first kappa shape index (κ1) is 22.7. The van der Waals surface area contributed by atoms with Crippen LogP contribution in [-0.2, 0) is 22.6 Å². The second kappa shape index (κ2) is 10.8. The van der Waals surface area contributed by atoms with Gasteiger partial charge in [0.25, 0.3) is 0 Å². The Morgan fingerprint density at radius 1 is 0.931 bits per heavy atom. The molecule has 0 saturated carbocycles. The maximum Gasteiger partial charge on any atom is 0.243 e. The molecule has 2 aromatic rings. The molecule has 0 radical (unpaired) electrons. The monoisotopic (exact) mass is 394 g/mol. The molecule has 0 unspecified atom stereocenters. The Morgan fingerprint density at radius 2 is 1.62 bits per heavy atom. The minimum atomic E-state index is -0.484. The Labute approximate surface area is 175 Å². The van der Waals surface area contributed by atoms with Crippen molar-refractivity contribution in [2.45, 2.75) is 72.5 Å². The van der Waals surface area contributed by atoms with E-state index in [1.165, 1.54) is 0 Å². The molecule has 2 amide bonds. The lowest BCUT2D eigenvalue weighted by atomic mass is 10.0. The minimum absolute atomic E-state index is 0.0264. The van der Waals surface area contributed by atoms with Gasteiger partial charge in [-0.15, -0.1) is 0 Å². The van der Waals surface area contributed by atoms with Crippen LogP contribution in [0.4, 0.5) is 0 Å². The fourth-order valence-corrected chi connectivity index (χ4v) is 3.35. The lowest BCUT2D eigenvalue weighted by Crippen LogP contribution is -2.51. The number of carbonyl (C=O) groups is 2. The summed E-state index contributed by atoms with van der Waals surface area (Å²) in [5.41, 5.74) is 4.31. The van der Waals surface area contributed by atoms with E-state index >= 15 is 0 Å². The van der Waals surface area contributed by atoms with Crippen LogP contribution in [0.1, 0.15) is 55.9 Å². The van der Waals surface area contributed by atoms with Crippen LogP contribution in [0.2, 0.25) is 0 Å². The summed E-state index contributed by atoms with van der Waals surface area (Å²) in [6, 6.07) is 15.7. The van der Waals surface area contributed by atoms with Crippen LogP contribution in [0.15, 0.2) is 48.5 Å². The molecule has 0 aliphatic heterocycles. The first-order valence-corrected chi connectivity index (χ1v) is 10.5. The molecule has 4 heteroatoms. The van der Waals surface area contributed by atoms with Gasteiger partial charge in [-0.2, -0.15) is 0 Å². The van der Waals surface area contributed by atoms with Gasteiger partial charge in [0.2, 0.25) is 11.8 Å². The number of hydrogen-bond acceptors (Lipinski definition) is 2. The Balaban J connectivity index is 2.28. The van der Waals surface area contributed by atoms with Gasteiger partial charge in [-0.3, -0.25) is 9.59 Å². The van der Waals surface area contributed by atoms with E-state index in [1.54, 1.807) is 4.90 Å². The van der Waals surface area contributed by atoms with E-state index < -0.39 is 6.04 Å². The molecule has 29 heavy (non-hydrogen) atoms. The predicted octanol–water partition coefficient (Wildman–Crippen LogP) is 4.57. The zero-order valence-corrected chi connectivity index (χ0v) is 18.4. The molecule has 0 fully saturated rings. The number of rotatable bonds is 9. The summed E-state index contributed by atoms with van der Waals surface area (Å²) in [5.74, 6) is -0.103. The first-order valence-electron chi connectivity index (χ1n) is 10.5. The van der Waals surface area contributed by atoms with Crippen LogP contribution in [-0.4, -0.2) is 28.8 Å². The molecule has 0 saturated heterocycles. The number of benzene rings is 2. The molecule has 156 valence electrons.